The molecule has 0 radical (unpaired) electrons. The molecule has 2 aromatic rings. The van der Waals surface area contributed by atoms with Crippen LogP contribution in [0, 0.1) is 0 Å². The van der Waals surface area contributed by atoms with Gasteiger partial charge in [-0.3, -0.25) is 0 Å². The van der Waals surface area contributed by atoms with Crippen molar-refractivity contribution in [3.8, 4) is 0 Å². The normalized spacial score (nSPS) is 18.5. The number of aliphatic hydroxyl groups is 1. The van der Waals surface area contributed by atoms with Crippen LogP contribution in [0.2, 0.25) is 10.0 Å². The van der Waals surface area contributed by atoms with E-state index in [9.17, 15) is 5.11 Å². The second-order valence-electron chi connectivity index (χ2n) is 5.41. The number of hydrogen-bond acceptors (Lipinski definition) is 3. The second-order valence-corrected chi connectivity index (χ2v) is 6.25. The van der Waals surface area contributed by atoms with Crippen molar-refractivity contribution < 1.29 is 5.11 Å². The summed E-state index contributed by atoms with van der Waals surface area (Å²) in [6, 6.07) is 13.9. The van der Waals surface area contributed by atoms with E-state index in [0.29, 0.717) is 5.02 Å². The number of hydrogen-bond donors (Lipinski definition) is 2. The molecule has 1 saturated heterocycles. The molecule has 0 aliphatic carbocycles. The Kier molecular flexibility index (Phi) is 4.89. The Morgan fingerprint density at radius 2 is 1.91 bits per heavy atom. The van der Waals surface area contributed by atoms with Crippen LogP contribution >= 0.6 is 23.2 Å². The number of anilines is 1. The molecule has 0 spiro atoms. The van der Waals surface area contributed by atoms with E-state index in [1.165, 1.54) is 5.56 Å². The molecule has 0 aromatic heterocycles. The SMILES string of the molecule is OCc1ccc(N2CCNCC2c2ccc(Cl)cc2)c(Cl)c1. The Labute approximate surface area is 140 Å². The quantitative estimate of drug-likeness (QED) is 0.898. The summed E-state index contributed by atoms with van der Waals surface area (Å²) >= 11 is 12.4. The lowest BCUT2D eigenvalue weighted by Gasteiger charge is -2.39. The lowest BCUT2D eigenvalue weighted by molar-refractivity contribution is 0.282. The highest BCUT2D eigenvalue weighted by molar-refractivity contribution is 6.33. The average Bonchev–Trinajstić information content (AvgIpc) is 2.55. The molecule has 1 unspecified atom stereocenters. The van der Waals surface area contributed by atoms with Gasteiger partial charge in [0, 0.05) is 24.7 Å². The summed E-state index contributed by atoms with van der Waals surface area (Å²) in [5.41, 5.74) is 3.03. The predicted octanol–water partition coefficient (Wildman–Crippen LogP) is 3.64. The van der Waals surface area contributed by atoms with Gasteiger partial charge in [0.15, 0.2) is 0 Å². The molecule has 5 heteroatoms. The van der Waals surface area contributed by atoms with Crippen molar-refractivity contribution in [3.63, 3.8) is 0 Å². The third-order valence-electron chi connectivity index (χ3n) is 4.00. The number of rotatable bonds is 3. The van der Waals surface area contributed by atoms with Crippen LogP contribution in [0.4, 0.5) is 5.69 Å². The third kappa shape index (κ3) is 3.23. The van der Waals surface area contributed by atoms with Crippen molar-refractivity contribution in [2.24, 2.45) is 0 Å². The molecule has 22 heavy (non-hydrogen) atoms. The minimum atomic E-state index is 0.00215. The first-order valence-corrected chi connectivity index (χ1v) is 8.07. The van der Waals surface area contributed by atoms with Crippen molar-refractivity contribution in [2.75, 3.05) is 24.5 Å². The van der Waals surface area contributed by atoms with E-state index < -0.39 is 0 Å². The number of benzene rings is 2. The zero-order chi connectivity index (χ0) is 15.5. The molecule has 3 rings (SSSR count). The molecule has 0 saturated carbocycles. The van der Waals surface area contributed by atoms with Crippen LogP contribution in [0.3, 0.4) is 0 Å². The summed E-state index contributed by atoms with van der Waals surface area (Å²) < 4.78 is 0. The van der Waals surface area contributed by atoms with Gasteiger partial charge in [0.25, 0.3) is 0 Å². The largest absolute Gasteiger partial charge is 0.392 e. The van der Waals surface area contributed by atoms with Crippen LogP contribution in [0.5, 0.6) is 0 Å². The van der Waals surface area contributed by atoms with Crippen LogP contribution < -0.4 is 10.2 Å². The number of halogens is 2. The first-order chi connectivity index (χ1) is 10.7. The van der Waals surface area contributed by atoms with Gasteiger partial charge in [-0.25, -0.2) is 0 Å². The summed E-state index contributed by atoms with van der Waals surface area (Å²) in [6.07, 6.45) is 0. The molecule has 1 atom stereocenters. The number of piperazine rings is 1. The highest BCUT2D eigenvalue weighted by Crippen LogP contribution is 2.34. The van der Waals surface area contributed by atoms with Crippen LogP contribution in [-0.2, 0) is 6.61 Å². The third-order valence-corrected chi connectivity index (χ3v) is 4.56. The molecule has 0 bridgehead atoms. The maximum atomic E-state index is 9.22. The standard InChI is InChI=1S/C17H18Cl2N2O/c18-14-4-2-13(3-5-14)17-10-20-7-8-21(17)16-6-1-12(11-22)9-15(16)19/h1-6,9,17,20,22H,7-8,10-11H2. The van der Waals surface area contributed by atoms with E-state index in [4.69, 9.17) is 23.2 Å². The van der Waals surface area contributed by atoms with E-state index in [1.54, 1.807) is 0 Å². The van der Waals surface area contributed by atoms with Crippen molar-refractivity contribution in [1.82, 2.24) is 5.32 Å². The van der Waals surface area contributed by atoms with E-state index >= 15 is 0 Å². The van der Waals surface area contributed by atoms with Gasteiger partial charge in [-0.2, -0.15) is 0 Å². The van der Waals surface area contributed by atoms with Gasteiger partial charge < -0.3 is 15.3 Å². The summed E-state index contributed by atoms with van der Waals surface area (Å²) in [4.78, 5) is 2.31. The zero-order valence-electron chi connectivity index (χ0n) is 12.1. The van der Waals surface area contributed by atoms with Crippen molar-refractivity contribution >= 4 is 28.9 Å². The van der Waals surface area contributed by atoms with Gasteiger partial charge in [0.05, 0.1) is 23.4 Å². The van der Waals surface area contributed by atoms with Crippen LogP contribution in [0.15, 0.2) is 42.5 Å². The minimum absolute atomic E-state index is 0.00215. The molecule has 3 nitrogen and oxygen atoms in total. The highest BCUT2D eigenvalue weighted by atomic mass is 35.5. The number of nitrogens with one attached hydrogen (secondary N) is 1. The Balaban J connectivity index is 1.94. The molecule has 1 fully saturated rings. The second kappa shape index (κ2) is 6.88. The lowest BCUT2D eigenvalue weighted by atomic mass is 10.0. The Morgan fingerprint density at radius 3 is 2.59 bits per heavy atom. The van der Waals surface area contributed by atoms with Crippen molar-refractivity contribution in [1.29, 1.82) is 0 Å². The molecule has 2 aromatic carbocycles. The predicted molar refractivity (Wildman–Crippen MR) is 91.8 cm³/mol. The molecular formula is C17H18Cl2N2O. The first kappa shape index (κ1) is 15.6. The van der Waals surface area contributed by atoms with E-state index in [1.807, 2.05) is 30.3 Å². The van der Waals surface area contributed by atoms with Crippen LogP contribution in [-0.4, -0.2) is 24.7 Å². The Morgan fingerprint density at radius 1 is 1.14 bits per heavy atom. The molecule has 1 heterocycles. The van der Waals surface area contributed by atoms with E-state index in [0.717, 1.165) is 35.9 Å². The lowest BCUT2D eigenvalue weighted by Crippen LogP contribution is -2.46. The smallest absolute Gasteiger partial charge is 0.0682 e. The monoisotopic (exact) mass is 336 g/mol. The maximum absolute atomic E-state index is 9.22. The molecule has 116 valence electrons. The summed E-state index contributed by atoms with van der Waals surface area (Å²) in [7, 11) is 0. The fourth-order valence-corrected chi connectivity index (χ4v) is 3.29. The number of aliphatic hydroxyl groups excluding tert-OH is 1. The molecule has 1 aliphatic rings. The Bertz CT molecular complexity index is 646. The fourth-order valence-electron chi connectivity index (χ4n) is 2.86. The average molecular weight is 337 g/mol. The minimum Gasteiger partial charge on any atom is -0.392 e. The van der Waals surface area contributed by atoms with Gasteiger partial charge in [-0.15, -0.1) is 0 Å². The van der Waals surface area contributed by atoms with Gasteiger partial charge in [-0.1, -0.05) is 41.4 Å². The van der Waals surface area contributed by atoms with E-state index in [-0.39, 0.29) is 12.6 Å². The Hall–Kier alpha value is -1.26. The molecule has 1 aliphatic heterocycles. The van der Waals surface area contributed by atoms with E-state index in [2.05, 4.69) is 22.3 Å². The molecule has 0 amide bonds. The van der Waals surface area contributed by atoms with Crippen molar-refractivity contribution in [3.05, 3.63) is 63.6 Å². The fraction of sp³-hybridized carbons (Fsp3) is 0.294. The summed E-state index contributed by atoms with van der Waals surface area (Å²) in [6.45, 7) is 2.66. The van der Waals surface area contributed by atoms with Crippen LogP contribution in [0.1, 0.15) is 17.2 Å². The van der Waals surface area contributed by atoms with Crippen molar-refractivity contribution in [2.45, 2.75) is 12.6 Å². The number of nitrogens with zero attached hydrogens (tertiary/aromatic N) is 1. The summed E-state index contributed by atoms with van der Waals surface area (Å²) in [5, 5.41) is 14.1. The first-order valence-electron chi connectivity index (χ1n) is 7.31. The molecular weight excluding hydrogens is 319 g/mol. The van der Waals surface area contributed by atoms with Crippen LogP contribution in [0.25, 0.3) is 0 Å². The van der Waals surface area contributed by atoms with Gasteiger partial charge in [0.2, 0.25) is 0 Å². The van der Waals surface area contributed by atoms with Gasteiger partial charge >= 0.3 is 0 Å². The summed E-state index contributed by atoms with van der Waals surface area (Å²) in [5.74, 6) is 0. The zero-order valence-corrected chi connectivity index (χ0v) is 13.6. The molecule has 2 N–H and O–H groups in total. The highest BCUT2D eigenvalue weighted by Gasteiger charge is 2.25. The maximum Gasteiger partial charge on any atom is 0.0682 e. The topological polar surface area (TPSA) is 35.5 Å². The van der Waals surface area contributed by atoms with Gasteiger partial charge in [-0.05, 0) is 35.4 Å². The van der Waals surface area contributed by atoms with Gasteiger partial charge in [0.1, 0.15) is 0 Å².